The lowest BCUT2D eigenvalue weighted by Crippen LogP contribution is -2.33. The number of carbonyl (C=O) groups is 1. The van der Waals surface area contributed by atoms with E-state index in [4.69, 9.17) is 23.2 Å². The van der Waals surface area contributed by atoms with E-state index in [0.717, 1.165) is 6.26 Å². The molecule has 1 N–H and O–H groups in total. The molecule has 5 nitrogen and oxygen atoms in total. The van der Waals surface area contributed by atoms with Crippen LogP contribution >= 0.6 is 23.2 Å². The van der Waals surface area contributed by atoms with E-state index in [9.17, 15) is 13.2 Å². The second-order valence-corrected chi connectivity index (χ2v) is 7.82. The zero-order chi connectivity index (χ0) is 17.7. The Labute approximate surface area is 151 Å². The molecule has 2 aromatic carbocycles. The molecule has 0 saturated heterocycles. The molecular formula is C16H16Cl2N2O3S. The zero-order valence-corrected chi connectivity index (χ0v) is 15.2. The molecule has 0 saturated carbocycles. The number of hydrogen-bond donors (Lipinski definition) is 1. The maximum absolute atomic E-state index is 12.1. The summed E-state index contributed by atoms with van der Waals surface area (Å²) in [6.45, 7) is 0.0377. The Balaban J connectivity index is 2.04. The zero-order valence-electron chi connectivity index (χ0n) is 12.9. The molecule has 0 aliphatic heterocycles. The van der Waals surface area contributed by atoms with Crippen molar-refractivity contribution in [3.05, 3.63) is 58.6 Å². The molecule has 0 atom stereocenters. The van der Waals surface area contributed by atoms with E-state index in [1.807, 2.05) is 0 Å². The lowest BCUT2D eigenvalue weighted by molar-refractivity contribution is -0.116. The van der Waals surface area contributed by atoms with Crippen molar-refractivity contribution >= 4 is 50.5 Å². The van der Waals surface area contributed by atoms with Gasteiger partial charge in [-0.05, 0) is 30.3 Å². The van der Waals surface area contributed by atoms with E-state index in [1.165, 1.54) is 10.4 Å². The quantitative estimate of drug-likeness (QED) is 0.820. The highest BCUT2D eigenvalue weighted by Crippen LogP contribution is 2.25. The van der Waals surface area contributed by atoms with Gasteiger partial charge in [-0.1, -0.05) is 41.4 Å². The predicted octanol–water partition coefficient (Wildman–Crippen LogP) is 3.79. The molecule has 0 unspecified atom stereocenters. The standard InChI is InChI=1S/C16H16Cl2N2O3S/c1-24(22,23)20(13-5-3-2-4-6-13)10-9-16(21)19-12-7-8-14(17)15(18)11-12/h2-8,11H,9-10H2,1H3,(H,19,21). The minimum Gasteiger partial charge on any atom is -0.326 e. The maximum Gasteiger partial charge on any atom is 0.232 e. The fraction of sp³-hybridized carbons (Fsp3) is 0.188. The van der Waals surface area contributed by atoms with Crippen molar-refractivity contribution in [3.63, 3.8) is 0 Å². The van der Waals surface area contributed by atoms with Gasteiger partial charge in [-0.2, -0.15) is 0 Å². The van der Waals surface area contributed by atoms with E-state index in [1.54, 1.807) is 42.5 Å². The van der Waals surface area contributed by atoms with Crippen LogP contribution in [0.25, 0.3) is 0 Å². The van der Waals surface area contributed by atoms with Crippen molar-refractivity contribution in [2.45, 2.75) is 6.42 Å². The summed E-state index contributed by atoms with van der Waals surface area (Å²) < 4.78 is 25.1. The van der Waals surface area contributed by atoms with E-state index < -0.39 is 10.0 Å². The van der Waals surface area contributed by atoms with E-state index in [0.29, 0.717) is 21.4 Å². The Bertz CT molecular complexity index is 826. The van der Waals surface area contributed by atoms with Gasteiger partial charge >= 0.3 is 0 Å². The molecule has 0 radical (unpaired) electrons. The second-order valence-electron chi connectivity index (χ2n) is 5.10. The summed E-state index contributed by atoms with van der Waals surface area (Å²) in [4.78, 5) is 12.1. The monoisotopic (exact) mass is 386 g/mol. The van der Waals surface area contributed by atoms with Gasteiger partial charge in [0.25, 0.3) is 0 Å². The fourth-order valence-corrected chi connectivity index (χ4v) is 3.31. The van der Waals surface area contributed by atoms with Crippen LogP contribution in [0.4, 0.5) is 11.4 Å². The molecule has 0 spiro atoms. The fourth-order valence-electron chi connectivity index (χ4n) is 2.08. The Morgan fingerprint density at radius 1 is 1.08 bits per heavy atom. The molecule has 0 fully saturated rings. The van der Waals surface area contributed by atoms with Gasteiger partial charge in [-0.15, -0.1) is 0 Å². The van der Waals surface area contributed by atoms with Crippen LogP contribution in [0.5, 0.6) is 0 Å². The first-order valence-corrected chi connectivity index (χ1v) is 9.65. The van der Waals surface area contributed by atoms with Crippen molar-refractivity contribution in [3.8, 4) is 0 Å². The largest absolute Gasteiger partial charge is 0.326 e. The minimum atomic E-state index is -3.48. The predicted molar refractivity (Wildman–Crippen MR) is 98.3 cm³/mol. The van der Waals surface area contributed by atoms with Gasteiger partial charge < -0.3 is 5.32 Å². The highest BCUT2D eigenvalue weighted by molar-refractivity contribution is 7.92. The maximum atomic E-state index is 12.1. The van der Waals surface area contributed by atoms with Crippen LogP contribution in [-0.2, 0) is 14.8 Å². The Kier molecular flexibility index (Phi) is 6.10. The van der Waals surface area contributed by atoms with Gasteiger partial charge in [0.1, 0.15) is 0 Å². The van der Waals surface area contributed by atoms with E-state index in [2.05, 4.69) is 5.32 Å². The van der Waals surface area contributed by atoms with Crippen molar-refractivity contribution in [2.24, 2.45) is 0 Å². The third-order valence-corrected chi connectivity index (χ3v) is 5.12. The number of sulfonamides is 1. The molecule has 0 aromatic heterocycles. The first-order chi connectivity index (χ1) is 11.3. The van der Waals surface area contributed by atoms with Crippen LogP contribution < -0.4 is 9.62 Å². The number of carbonyl (C=O) groups excluding carboxylic acids is 1. The van der Waals surface area contributed by atoms with Gasteiger partial charge in [-0.3, -0.25) is 9.10 Å². The average molecular weight is 387 g/mol. The molecule has 0 aliphatic rings. The smallest absolute Gasteiger partial charge is 0.232 e. The molecule has 1 amide bonds. The Morgan fingerprint density at radius 2 is 1.75 bits per heavy atom. The third-order valence-electron chi connectivity index (χ3n) is 3.19. The SMILES string of the molecule is CS(=O)(=O)N(CCC(=O)Nc1ccc(Cl)c(Cl)c1)c1ccccc1. The van der Waals surface area contributed by atoms with Crippen LogP contribution in [0.3, 0.4) is 0 Å². The van der Waals surface area contributed by atoms with Crippen LogP contribution in [0.1, 0.15) is 6.42 Å². The Hall–Kier alpha value is -1.76. The molecular weight excluding hydrogens is 371 g/mol. The summed E-state index contributed by atoms with van der Waals surface area (Å²) in [5.74, 6) is -0.321. The summed E-state index contributed by atoms with van der Waals surface area (Å²) in [7, 11) is -3.48. The molecule has 2 rings (SSSR count). The molecule has 0 bridgehead atoms. The highest BCUT2D eigenvalue weighted by atomic mass is 35.5. The summed E-state index contributed by atoms with van der Waals surface area (Å²) in [6, 6.07) is 13.4. The molecule has 8 heteroatoms. The van der Waals surface area contributed by atoms with Crippen molar-refractivity contribution in [1.82, 2.24) is 0 Å². The van der Waals surface area contributed by atoms with Gasteiger partial charge in [0.2, 0.25) is 15.9 Å². The van der Waals surface area contributed by atoms with Crippen LogP contribution in [-0.4, -0.2) is 27.1 Å². The molecule has 0 heterocycles. The van der Waals surface area contributed by atoms with E-state index in [-0.39, 0.29) is 18.9 Å². The number of anilines is 2. The normalized spacial score (nSPS) is 11.1. The molecule has 128 valence electrons. The third kappa shape index (κ3) is 5.12. The van der Waals surface area contributed by atoms with Gasteiger partial charge in [0, 0.05) is 18.7 Å². The summed E-state index contributed by atoms with van der Waals surface area (Å²) in [5.41, 5.74) is 1.02. The summed E-state index contributed by atoms with van der Waals surface area (Å²) >= 11 is 11.7. The highest BCUT2D eigenvalue weighted by Gasteiger charge is 2.18. The van der Waals surface area contributed by atoms with Crippen LogP contribution in [0.2, 0.25) is 10.0 Å². The minimum absolute atomic E-state index is 0.00219. The molecule has 0 aliphatic carbocycles. The van der Waals surface area contributed by atoms with Gasteiger partial charge in [0.15, 0.2) is 0 Å². The van der Waals surface area contributed by atoms with Crippen molar-refractivity contribution in [1.29, 1.82) is 0 Å². The summed E-state index contributed by atoms with van der Waals surface area (Å²) in [5, 5.41) is 3.39. The van der Waals surface area contributed by atoms with Crippen LogP contribution in [0, 0.1) is 0 Å². The first-order valence-electron chi connectivity index (χ1n) is 7.05. The number of nitrogens with one attached hydrogen (secondary N) is 1. The number of nitrogens with zero attached hydrogens (tertiary/aromatic N) is 1. The number of benzene rings is 2. The molecule has 2 aromatic rings. The number of amides is 1. The number of rotatable bonds is 6. The van der Waals surface area contributed by atoms with Crippen LogP contribution in [0.15, 0.2) is 48.5 Å². The van der Waals surface area contributed by atoms with Crippen molar-refractivity contribution in [2.75, 3.05) is 22.4 Å². The first kappa shape index (κ1) is 18.6. The average Bonchev–Trinajstić information content (AvgIpc) is 2.51. The second kappa shape index (κ2) is 7.88. The van der Waals surface area contributed by atoms with Gasteiger partial charge in [-0.25, -0.2) is 8.42 Å². The molecule has 24 heavy (non-hydrogen) atoms. The van der Waals surface area contributed by atoms with Gasteiger partial charge in [0.05, 0.1) is 22.0 Å². The van der Waals surface area contributed by atoms with E-state index >= 15 is 0 Å². The Morgan fingerprint density at radius 3 is 2.33 bits per heavy atom. The lowest BCUT2D eigenvalue weighted by atomic mass is 10.3. The van der Waals surface area contributed by atoms with Crippen molar-refractivity contribution < 1.29 is 13.2 Å². The number of halogens is 2. The number of para-hydroxylation sites is 1. The summed E-state index contributed by atoms with van der Waals surface area (Å²) in [6.07, 6.45) is 1.11. The lowest BCUT2D eigenvalue weighted by Gasteiger charge is -2.22. The topological polar surface area (TPSA) is 66.5 Å². The number of hydrogen-bond acceptors (Lipinski definition) is 3.